The first-order valence-corrected chi connectivity index (χ1v) is 12.7. The fourth-order valence-corrected chi connectivity index (χ4v) is 4.79. The smallest absolute Gasteiger partial charge is 0.274 e. The van der Waals surface area contributed by atoms with E-state index in [4.69, 9.17) is 0 Å². The second-order valence-corrected chi connectivity index (χ2v) is 9.99. The van der Waals surface area contributed by atoms with E-state index in [9.17, 15) is 9.59 Å². The molecule has 1 N–H and O–H groups in total. The number of benzene rings is 1. The van der Waals surface area contributed by atoms with Crippen LogP contribution in [0.1, 0.15) is 23.3 Å². The lowest BCUT2D eigenvalue weighted by molar-refractivity contribution is -0.133. The molecule has 1 aliphatic heterocycles. The first-order valence-electron chi connectivity index (χ1n) is 12.7. The van der Waals surface area contributed by atoms with Crippen LogP contribution >= 0.6 is 0 Å². The predicted octanol–water partition coefficient (Wildman–Crippen LogP) is 2.64. The number of nitrogens with one attached hydrogen (secondary N) is 1. The minimum atomic E-state index is -0.298. The van der Waals surface area contributed by atoms with E-state index in [1.807, 2.05) is 54.7 Å². The summed E-state index contributed by atoms with van der Waals surface area (Å²) in [6, 6.07) is 10.9. The molecule has 3 aromatic heterocycles. The van der Waals surface area contributed by atoms with Crippen molar-refractivity contribution in [3.63, 3.8) is 0 Å². The van der Waals surface area contributed by atoms with Gasteiger partial charge < -0.3 is 10.2 Å². The third-order valence-electron chi connectivity index (χ3n) is 7.03. The van der Waals surface area contributed by atoms with Crippen LogP contribution in [0.3, 0.4) is 0 Å². The van der Waals surface area contributed by atoms with Crippen molar-refractivity contribution >= 4 is 28.4 Å². The molecule has 1 aromatic carbocycles. The molecule has 1 saturated heterocycles. The van der Waals surface area contributed by atoms with Crippen LogP contribution in [-0.4, -0.2) is 78.9 Å². The zero-order chi connectivity index (χ0) is 25.4. The number of carbonyl (C=O) groups is 2. The molecule has 10 nitrogen and oxygen atoms in total. The van der Waals surface area contributed by atoms with Crippen molar-refractivity contribution < 1.29 is 9.59 Å². The van der Waals surface area contributed by atoms with Gasteiger partial charge in [-0.2, -0.15) is 10.2 Å². The van der Waals surface area contributed by atoms with Crippen LogP contribution in [-0.2, 0) is 18.4 Å². The molecule has 1 saturated carbocycles. The second kappa shape index (κ2) is 9.78. The lowest BCUT2D eigenvalue weighted by Crippen LogP contribution is -2.49. The molecule has 190 valence electrons. The van der Waals surface area contributed by atoms with Crippen molar-refractivity contribution in [3.8, 4) is 11.3 Å². The Kier molecular flexibility index (Phi) is 6.17. The third kappa shape index (κ3) is 5.39. The van der Waals surface area contributed by atoms with Gasteiger partial charge in [-0.25, -0.2) is 4.98 Å². The maximum absolute atomic E-state index is 12.9. The van der Waals surface area contributed by atoms with Gasteiger partial charge in [-0.05, 0) is 49.1 Å². The summed E-state index contributed by atoms with van der Waals surface area (Å²) >= 11 is 0. The first-order chi connectivity index (χ1) is 18.0. The van der Waals surface area contributed by atoms with Crippen LogP contribution in [0.4, 0.5) is 5.69 Å². The zero-order valence-electron chi connectivity index (χ0n) is 20.9. The highest BCUT2D eigenvalue weighted by atomic mass is 16.2. The Morgan fingerprint density at radius 1 is 1.05 bits per heavy atom. The Bertz CT molecular complexity index is 1450. The van der Waals surface area contributed by atoms with Crippen LogP contribution < -0.4 is 5.32 Å². The number of fused-ring (bicyclic) bond motifs is 1. The molecule has 0 spiro atoms. The number of amides is 2. The second-order valence-electron chi connectivity index (χ2n) is 9.99. The maximum Gasteiger partial charge on any atom is 0.274 e. The Morgan fingerprint density at radius 3 is 2.65 bits per heavy atom. The van der Waals surface area contributed by atoms with Crippen LogP contribution in [0, 0.1) is 5.92 Å². The molecule has 4 heterocycles. The molecule has 2 amide bonds. The van der Waals surface area contributed by atoms with Crippen LogP contribution in [0.15, 0.2) is 55.0 Å². The van der Waals surface area contributed by atoms with Gasteiger partial charge in [0.2, 0.25) is 5.91 Å². The zero-order valence-corrected chi connectivity index (χ0v) is 20.9. The van der Waals surface area contributed by atoms with Gasteiger partial charge in [0.15, 0.2) is 0 Å². The van der Waals surface area contributed by atoms with E-state index >= 15 is 0 Å². The highest BCUT2D eigenvalue weighted by Crippen LogP contribution is 2.30. The molecule has 6 rings (SSSR count). The normalized spacial score (nSPS) is 16.3. The van der Waals surface area contributed by atoms with Gasteiger partial charge in [-0.3, -0.25) is 23.9 Å². The molecule has 0 radical (unpaired) electrons. The van der Waals surface area contributed by atoms with Crippen molar-refractivity contribution in [2.24, 2.45) is 13.0 Å². The number of hydrogen-bond acceptors (Lipinski definition) is 6. The van der Waals surface area contributed by atoms with Gasteiger partial charge in [0, 0.05) is 68.8 Å². The molecule has 0 bridgehead atoms. The van der Waals surface area contributed by atoms with Gasteiger partial charge in [0.25, 0.3) is 5.91 Å². The molecular formula is C27H30N8O2. The summed E-state index contributed by atoms with van der Waals surface area (Å²) in [7, 11) is 1.84. The van der Waals surface area contributed by atoms with Gasteiger partial charge in [-0.1, -0.05) is 6.07 Å². The minimum absolute atomic E-state index is 0.0898. The summed E-state index contributed by atoms with van der Waals surface area (Å²) in [6.45, 7) is 4.84. The molecule has 10 heteroatoms. The van der Waals surface area contributed by atoms with Crippen molar-refractivity contribution in [1.29, 1.82) is 0 Å². The monoisotopic (exact) mass is 498 g/mol. The molecule has 2 fully saturated rings. The van der Waals surface area contributed by atoms with E-state index < -0.39 is 0 Å². The average Bonchev–Trinajstić information content (AvgIpc) is 3.46. The molecule has 4 aromatic rings. The molecule has 1 aliphatic carbocycles. The Labute approximate surface area is 214 Å². The van der Waals surface area contributed by atoms with Crippen LogP contribution in [0.5, 0.6) is 0 Å². The number of nitrogens with zero attached hydrogens (tertiary/aromatic N) is 7. The fourth-order valence-electron chi connectivity index (χ4n) is 4.79. The number of piperazine rings is 1. The van der Waals surface area contributed by atoms with Gasteiger partial charge in [0.05, 0.1) is 17.4 Å². The van der Waals surface area contributed by atoms with Gasteiger partial charge in [-0.15, -0.1) is 0 Å². The molecule has 0 unspecified atom stereocenters. The summed E-state index contributed by atoms with van der Waals surface area (Å²) in [5, 5.41) is 12.5. The average molecular weight is 499 g/mol. The summed E-state index contributed by atoms with van der Waals surface area (Å²) in [6.07, 6.45) is 8.14. The minimum Gasteiger partial charge on any atom is -0.339 e. The van der Waals surface area contributed by atoms with Crippen molar-refractivity contribution in [3.05, 3.63) is 60.7 Å². The summed E-state index contributed by atoms with van der Waals surface area (Å²) < 4.78 is 3.39. The number of pyridine rings is 1. The van der Waals surface area contributed by atoms with E-state index in [0.29, 0.717) is 17.1 Å². The van der Waals surface area contributed by atoms with E-state index in [1.54, 1.807) is 21.6 Å². The summed E-state index contributed by atoms with van der Waals surface area (Å²) in [5.41, 5.74) is 3.27. The van der Waals surface area contributed by atoms with Crippen LogP contribution in [0.2, 0.25) is 0 Å². The Hall–Kier alpha value is -4.05. The highest BCUT2D eigenvalue weighted by Gasteiger charge is 2.27. The molecule has 2 aliphatic rings. The summed E-state index contributed by atoms with van der Waals surface area (Å²) in [5.74, 6) is 0.669. The Balaban J connectivity index is 1.09. The quantitative estimate of drug-likeness (QED) is 0.420. The SMILES string of the molecule is Cn1cc(-c2cccc(C(=O)Nc3ccc4nn(CC(=O)N5CCN(CC6CC6)CC5)cc4c3)n2)cn1. The Morgan fingerprint density at radius 2 is 1.89 bits per heavy atom. The number of aromatic nitrogens is 5. The topological polar surface area (TPSA) is 101 Å². The van der Waals surface area contributed by atoms with E-state index in [-0.39, 0.29) is 18.4 Å². The maximum atomic E-state index is 12.9. The number of anilines is 1. The first kappa shape index (κ1) is 23.4. The number of rotatable bonds is 7. The van der Waals surface area contributed by atoms with Crippen molar-refractivity contribution in [1.82, 2.24) is 34.3 Å². The van der Waals surface area contributed by atoms with E-state index in [0.717, 1.165) is 48.6 Å². The predicted molar refractivity (Wildman–Crippen MR) is 140 cm³/mol. The molecule has 0 atom stereocenters. The third-order valence-corrected chi connectivity index (χ3v) is 7.03. The van der Waals surface area contributed by atoms with Gasteiger partial charge in [0.1, 0.15) is 12.2 Å². The largest absolute Gasteiger partial charge is 0.339 e. The highest BCUT2D eigenvalue weighted by molar-refractivity contribution is 6.04. The number of aryl methyl sites for hydroxylation is 1. The van der Waals surface area contributed by atoms with E-state index in [1.165, 1.54) is 19.4 Å². The van der Waals surface area contributed by atoms with Crippen molar-refractivity contribution in [2.75, 3.05) is 38.0 Å². The van der Waals surface area contributed by atoms with E-state index in [2.05, 4.69) is 25.4 Å². The van der Waals surface area contributed by atoms with Crippen LogP contribution in [0.25, 0.3) is 22.2 Å². The standard InChI is InChI=1S/C27H30N8O2/c1-32-16-21(14-28-32)23-3-2-4-25(30-23)27(37)29-22-7-8-24-20(13-22)17-35(31-24)18-26(36)34-11-9-33(10-12-34)15-19-5-6-19/h2-4,7-8,13-14,16-17,19H,5-6,9-12,15,18H2,1H3,(H,29,37). The molecular weight excluding hydrogens is 468 g/mol. The van der Waals surface area contributed by atoms with Crippen molar-refractivity contribution in [2.45, 2.75) is 19.4 Å². The fraction of sp³-hybridized carbons (Fsp3) is 0.370. The lowest BCUT2D eigenvalue weighted by Gasteiger charge is -2.34. The molecule has 37 heavy (non-hydrogen) atoms. The van der Waals surface area contributed by atoms with Gasteiger partial charge >= 0.3 is 0 Å². The lowest BCUT2D eigenvalue weighted by atomic mass is 10.2. The summed E-state index contributed by atoms with van der Waals surface area (Å²) in [4.78, 5) is 34.7. The number of hydrogen-bond donors (Lipinski definition) is 1. The number of carbonyl (C=O) groups excluding carboxylic acids is 2.